The number of amides is 2. The van der Waals surface area contributed by atoms with Crippen molar-refractivity contribution >= 4 is 11.8 Å². The predicted octanol–water partition coefficient (Wildman–Crippen LogP) is 1.40. The molecule has 3 fully saturated rings. The van der Waals surface area contributed by atoms with Crippen molar-refractivity contribution in [1.82, 2.24) is 9.80 Å². The first-order valence-electron chi connectivity index (χ1n) is 7.23. The van der Waals surface area contributed by atoms with Gasteiger partial charge in [-0.05, 0) is 37.5 Å². The lowest BCUT2D eigenvalue weighted by Crippen LogP contribution is -2.45. The van der Waals surface area contributed by atoms with Gasteiger partial charge in [-0.2, -0.15) is 0 Å². The van der Waals surface area contributed by atoms with E-state index in [2.05, 4.69) is 6.92 Å². The third-order valence-corrected chi connectivity index (χ3v) is 5.00. The van der Waals surface area contributed by atoms with Gasteiger partial charge in [0.25, 0.3) is 0 Å². The summed E-state index contributed by atoms with van der Waals surface area (Å²) in [6, 6.07) is -0.146. The van der Waals surface area contributed by atoms with Crippen LogP contribution in [0.15, 0.2) is 0 Å². The lowest BCUT2D eigenvalue weighted by atomic mass is 10.0. The zero-order valence-corrected chi connectivity index (χ0v) is 11.2. The van der Waals surface area contributed by atoms with Crippen molar-refractivity contribution < 1.29 is 9.59 Å². The molecule has 1 unspecified atom stereocenters. The summed E-state index contributed by atoms with van der Waals surface area (Å²) in [5.74, 6) is 0.382. The highest BCUT2D eigenvalue weighted by atomic mass is 16.2. The number of hydrogen-bond acceptors (Lipinski definition) is 2. The van der Waals surface area contributed by atoms with E-state index in [0.29, 0.717) is 18.4 Å². The Balaban J connectivity index is 1.75. The monoisotopic (exact) mass is 250 g/mol. The second-order valence-electron chi connectivity index (χ2n) is 6.11. The minimum atomic E-state index is -0.146. The van der Waals surface area contributed by atoms with Gasteiger partial charge in [-0.3, -0.25) is 9.59 Å². The molecule has 0 bridgehead atoms. The van der Waals surface area contributed by atoms with Crippen LogP contribution in [0.5, 0.6) is 0 Å². The number of rotatable bonds is 3. The standard InChI is InChI=1S/C14H22N2O2/c1-2-14(6-7-14)10-15-9-5-12(17)16-8-3-4-11(16)13(15)18/h11H,2-10H2,1H3. The van der Waals surface area contributed by atoms with E-state index in [1.807, 2.05) is 9.80 Å². The molecule has 2 aliphatic heterocycles. The Morgan fingerprint density at radius 2 is 2.06 bits per heavy atom. The highest BCUT2D eigenvalue weighted by Gasteiger charge is 2.46. The minimum absolute atomic E-state index is 0.146. The van der Waals surface area contributed by atoms with Gasteiger partial charge in [0.1, 0.15) is 6.04 Å². The van der Waals surface area contributed by atoms with Crippen LogP contribution in [0.3, 0.4) is 0 Å². The summed E-state index contributed by atoms with van der Waals surface area (Å²) >= 11 is 0. The van der Waals surface area contributed by atoms with Crippen molar-refractivity contribution in [2.75, 3.05) is 19.6 Å². The molecule has 3 rings (SSSR count). The van der Waals surface area contributed by atoms with Gasteiger partial charge in [0.15, 0.2) is 0 Å². The fraction of sp³-hybridized carbons (Fsp3) is 0.857. The molecule has 3 aliphatic rings. The number of hydrogen-bond donors (Lipinski definition) is 0. The van der Waals surface area contributed by atoms with E-state index in [0.717, 1.165) is 32.4 Å². The smallest absolute Gasteiger partial charge is 0.245 e. The van der Waals surface area contributed by atoms with E-state index in [1.165, 1.54) is 12.8 Å². The molecule has 0 aromatic carbocycles. The second-order valence-corrected chi connectivity index (χ2v) is 6.11. The molecular weight excluding hydrogens is 228 g/mol. The van der Waals surface area contributed by atoms with Gasteiger partial charge in [0.05, 0.1) is 0 Å². The SMILES string of the molecule is CCC1(CN2CCC(=O)N3CCCC3C2=O)CC1. The van der Waals surface area contributed by atoms with Crippen LogP contribution in [0.4, 0.5) is 0 Å². The summed E-state index contributed by atoms with van der Waals surface area (Å²) in [6.07, 6.45) is 6.00. The lowest BCUT2D eigenvalue weighted by Gasteiger charge is -2.28. The molecule has 4 heteroatoms. The van der Waals surface area contributed by atoms with Gasteiger partial charge in [0.2, 0.25) is 11.8 Å². The van der Waals surface area contributed by atoms with E-state index >= 15 is 0 Å². The molecule has 0 N–H and O–H groups in total. The maximum atomic E-state index is 12.5. The summed E-state index contributed by atoms with van der Waals surface area (Å²) in [4.78, 5) is 28.3. The fourth-order valence-electron chi connectivity index (χ4n) is 3.38. The summed E-state index contributed by atoms with van der Waals surface area (Å²) in [7, 11) is 0. The molecule has 1 aliphatic carbocycles. The Morgan fingerprint density at radius 3 is 2.72 bits per heavy atom. The van der Waals surface area contributed by atoms with Gasteiger partial charge in [-0.1, -0.05) is 6.92 Å². The fourth-order valence-corrected chi connectivity index (χ4v) is 3.38. The van der Waals surface area contributed by atoms with Gasteiger partial charge in [0, 0.05) is 26.1 Å². The molecule has 2 saturated heterocycles. The van der Waals surface area contributed by atoms with Crippen LogP contribution in [-0.4, -0.2) is 47.3 Å². The average Bonchev–Trinajstić information content (AvgIpc) is 3.00. The van der Waals surface area contributed by atoms with Gasteiger partial charge >= 0.3 is 0 Å². The maximum absolute atomic E-state index is 12.5. The molecule has 4 nitrogen and oxygen atoms in total. The van der Waals surface area contributed by atoms with Crippen LogP contribution >= 0.6 is 0 Å². The van der Waals surface area contributed by atoms with Crippen LogP contribution < -0.4 is 0 Å². The average molecular weight is 250 g/mol. The summed E-state index contributed by atoms with van der Waals surface area (Å²) < 4.78 is 0. The third kappa shape index (κ3) is 1.91. The zero-order chi connectivity index (χ0) is 12.8. The maximum Gasteiger partial charge on any atom is 0.245 e. The van der Waals surface area contributed by atoms with Gasteiger partial charge < -0.3 is 9.80 Å². The highest BCUT2D eigenvalue weighted by molar-refractivity contribution is 5.90. The first kappa shape index (κ1) is 12.0. The minimum Gasteiger partial charge on any atom is -0.340 e. The van der Waals surface area contributed by atoms with Crippen molar-refractivity contribution in [3.63, 3.8) is 0 Å². The Hall–Kier alpha value is -1.06. The summed E-state index contributed by atoms with van der Waals surface area (Å²) in [5.41, 5.74) is 0.381. The molecule has 100 valence electrons. The van der Waals surface area contributed by atoms with Crippen LogP contribution in [0, 0.1) is 5.41 Å². The van der Waals surface area contributed by atoms with Crippen LogP contribution in [-0.2, 0) is 9.59 Å². The molecule has 1 atom stereocenters. The molecule has 18 heavy (non-hydrogen) atoms. The third-order valence-electron chi connectivity index (χ3n) is 5.00. The van der Waals surface area contributed by atoms with Crippen LogP contribution in [0.25, 0.3) is 0 Å². The van der Waals surface area contributed by atoms with E-state index in [9.17, 15) is 9.59 Å². The molecule has 1 saturated carbocycles. The first-order chi connectivity index (χ1) is 8.65. The topological polar surface area (TPSA) is 40.6 Å². The summed E-state index contributed by atoms with van der Waals surface area (Å²) in [6.45, 7) is 4.50. The molecule has 2 heterocycles. The largest absolute Gasteiger partial charge is 0.340 e. The lowest BCUT2D eigenvalue weighted by molar-refractivity contribution is -0.139. The molecule has 0 spiro atoms. The van der Waals surface area contributed by atoms with Crippen molar-refractivity contribution in [3.05, 3.63) is 0 Å². The Bertz CT molecular complexity index is 376. The van der Waals surface area contributed by atoms with E-state index in [-0.39, 0.29) is 17.9 Å². The molecule has 0 radical (unpaired) electrons. The molecule has 2 amide bonds. The molecule has 0 aromatic heterocycles. The molecule has 0 aromatic rings. The number of carbonyl (C=O) groups is 2. The van der Waals surface area contributed by atoms with Gasteiger partial charge in [-0.25, -0.2) is 0 Å². The van der Waals surface area contributed by atoms with Crippen LogP contribution in [0.2, 0.25) is 0 Å². The van der Waals surface area contributed by atoms with E-state index in [4.69, 9.17) is 0 Å². The quantitative estimate of drug-likeness (QED) is 0.759. The normalized spacial score (nSPS) is 30.4. The summed E-state index contributed by atoms with van der Waals surface area (Å²) in [5, 5.41) is 0. The predicted molar refractivity (Wildman–Crippen MR) is 67.9 cm³/mol. The Labute approximate surface area is 108 Å². The van der Waals surface area contributed by atoms with Crippen molar-refractivity contribution in [3.8, 4) is 0 Å². The highest BCUT2D eigenvalue weighted by Crippen LogP contribution is 2.49. The Morgan fingerprint density at radius 1 is 1.28 bits per heavy atom. The number of fused-ring (bicyclic) bond motifs is 1. The number of carbonyl (C=O) groups excluding carboxylic acids is 2. The van der Waals surface area contributed by atoms with Crippen molar-refractivity contribution in [2.24, 2.45) is 5.41 Å². The number of nitrogens with zero attached hydrogens (tertiary/aromatic N) is 2. The van der Waals surface area contributed by atoms with Gasteiger partial charge in [-0.15, -0.1) is 0 Å². The van der Waals surface area contributed by atoms with Crippen LogP contribution in [0.1, 0.15) is 45.4 Å². The first-order valence-corrected chi connectivity index (χ1v) is 7.23. The second kappa shape index (κ2) is 4.25. The molecular formula is C14H22N2O2. The Kier molecular flexibility index (Phi) is 2.83. The van der Waals surface area contributed by atoms with Crippen molar-refractivity contribution in [2.45, 2.75) is 51.5 Å². The van der Waals surface area contributed by atoms with E-state index < -0.39 is 0 Å². The van der Waals surface area contributed by atoms with E-state index in [1.54, 1.807) is 0 Å². The zero-order valence-electron chi connectivity index (χ0n) is 11.2. The van der Waals surface area contributed by atoms with Crippen molar-refractivity contribution in [1.29, 1.82) is 0 Å².